The first-order chi connectivity index (χ1) is 7.92. The van der Waals surface area contributed by atoms with Gasteiger partial charge in [0.25, 0.3) is 0 Å². The van der Waals surface area contributed by atoms with Crippen LogP contribution in [0.25, 0.3) is 0 Å². The molecule has 1 aliphatic rings. The molecule has 0 radical (unpaired) electrons. The summed E-state index contributed by atoms with van der Waals surface area (Å²) >= 11 is 0. The van der Waals surface area contributed by atoms with Crippen molar-refractivity contribution >= 4 is 19.7 Å². The summed E-state index contributed by atoms with van der Waals surface area (Å²) in [6.45, 7) is 1.86. The summed E-state index contributed by atoms with van der Waals surface area (Å²) in [5.41, 5.74) is 0.665. The van der Waals surface area contributed by atoms with Gasteiger partial charge in [-0.05, 0) is 24.7 Å². The molecular weight excluding hydrogens is 262 g/mol. The number of likely N-dealkylation sites (tertiary alicyclic amines) is 1. The molecule has 0 bridgehead atoms. The van der Waals surface area contributed by atoms with Crippen LogP contribution in [0.15, 0.2) is 24.3 Å². The predicted molar refractivity (Wildman–Crippen MR) is 66.8 cm³/mol. The van der Waals surface area contributed by atoms with Gasteiger partial charge in [0.1, 0.15) is 11.9 Å². The Balaban J connectivity index is 1.94. The average Bonchev–Trinajstić information content (AvgIpc) is 2.16. The summed E-state index contributed by atoms with van der Waals surface area (Å²) < 4.78 is 27.4. The van der Waals surface area contributed by atoms with E-state index in [0.29, 0.717) is 5.56 Å². The first-order valence-electron chi connectivity index (χ1n) is 5.29. The molecule has 0 atom stereocenters. The highest BCUT2D eigenvalue weighted by atomic mass is 35.7. The van der Waals surface area contributed by atoms with E-state index in [0.717, 1.165) is 18.8 Å². The molecule has 1 aromatic rings. The molecule has 0 unspecified atom stereocenters. The number of hydrogen-bond donors (Lipinski definition) is 0. The molecule has 1 heterocycles. The Kier molecular flexibility index (Phi) is 3.61. The van der Waals surface area contributed by atoms with Crippen LogP contribution in [0, 0.1) is 0 Å². The van der Waals surface area contributed by atoms with Crippen LogP contribution in [0.1, 0.15) is 5.56 Å². The molecule has 2 rings (SSSR count). The third-order valence-electron chi connectivity index (χ3n) is 2.60. The van der Waals surface area contributed by atoms with Crippen LogP contribution in [0.5, 0.6) is 5.75 Å². The molecule has 0 aromatic heterocycles. The molecule has 17 heavy (non-hydrogen) atoms. The van der Waals surface area contributed by atoms with Crippen LogP contribution in [0.3, 0.4) is 0 Å². The highest BCUT2D eigenvalue weighted by molar-refractivity contribution is 8.13. The van der Waals surface area contributed by atoms with Gasteiger partial charge in [-0.15, -0.1) is 0 Å². The fourth-order valence-corrected chi connectivity index (χ4v) is 2.74. The molecule has 1 fully saturated rings. The second-order valence-corrected chi connectivity index (χ2v) is 7.07. The number of likely N-dealkylation sites (N-methyl/N-ethyl adjacent to an activating group) is 1. The van der Waals surface area contributed by atoms with Gasteiger partial charge >= 0.3 is 0 Å². The Morgan fingerprint density at radius 2 is 1.94 bits per heavy atom. The fraction of sp³-hybridized carbons (Fsp3) is 0.455. The van der Waals surface area contributed by atoms with E-state index >= 15 is 0 Å². The average molecular weight is 276 g/mol. The van der Waals surface area contributed by atoms with E-state index < -0.39 is 9.05 Å². The molecule has 4 nitrogen and oxygen atoms in total. The summed E-state index contributed by atoms with van der Waals surface area (Å²) in [6, 6.07) is 6.99. The van der Waals surface area contributed by atoms with Gasteiger partial charge < -0.3 is 4.74 Å². The van der Waals surface area contributed by atoms with Crippen molar-refractivity contribution in [1.29, 1.82) is 0 Å². The minimum atomic E-state index is -3.49. The Labute approximate surface area is 106 Å². The largest absolute Gasteiger partial charge is 0.488 e. The highest BCUT2D eigenvalue weighted by Gasteiger charge is 2.24. The van der Waals surface area contributed by atoms with Crippen LogP contribution in [0.2, 0.25) is 0 Å². The van der Waals surface area contributed by atoms with Gasteiger partial charge in [0.05, 0.1) is 5.75 Å². The number of rotatable bonds is 4. The molecular formula is C11H14ClNO3S. The zero-order valence-electron chi connectivity index (χ0n) is 9.47. The van der Waals surface area contributed by atoms with E-state index in [9.17, 15) is 8.42 Å². The van der Waals surface area contributed by atoms with Crippen LogP contribution < -0.4 is 4.74 Å². The normalized spacial score (nSPS) is 17.8. The van der Waals surface area contributed by atoms with Crippen molar-refractivity contribution in [3.63, 3.8) is 0 Å². The molecule has 1 aromatic carbocycles. The zero-order chi connectivity index (χ0) is 12.5. The summed E-state index contributed by atoms with van der Waals surface area (Å²) in [6.07, 6.45) is 0.239. The number of nitrogens with zero attached hydrogens (tertiary/aromatic N) is 1. The molecule has 0 aliphatic carbocycles. The van der Waals surface area contributed by atoms with Crippen molar-refractivity contribution in [3.8, 4) is 5.75 Å². The maximum atomic E-state index is 10.9. The predicted octanol–water partition coefficient (Wildman–Crippen LogP) is 1.45. The topological polar surface area (TPSA) is 46.6 Å². The lowest BCUT2D eigenvalue weighted by molar-refractivity contribution is 0.0388. The summed E-state index contributed by atoms with van der Waals surface area (Å²) in [4.78, 5) is 2.17. The summed E-state index contributed by atoms with van der Waals surface area (Å²) in [7, 11) is 3.72. The third-order valence-corrected chi connectivity index (χ3v) is 3.60. The van der Waals surface area contributed by atoms with Crippen molar-refractivity contribution in [2.45, 2.75) is 11.9 Å². The molecule has 0 saturated carbocycles. The number of ether oxygens (including phenoxy) is 1. The highest BCUT2D eigenvalue weighted by Crippen LogP contribution is 2.19. The van der Waals surface area contributed by atoms with Gasteiger partial charge in [-0.25, -0.2) is 8.42 Å². The summed E-state index contributed by atoms with van der Waals surface area (Å²) in [5, 5.41) is 0. The molecule has 94 valence electrons. The molecule has 0 amide bonds. The monoisotopic (exact) mass is 275 g/mol. The van der Waals surface area contributed by atoms with Crippen LogP contribution >= 0.6 is 10.7 Å². The lowest BCUT2D eigenvalue weighted by Gasteiger charge is -2.36. The number of benzene rings is 1. The van der Waals surface area contributed by atoms with Crippen molar-refractivity contribution in [1.82, 2.24) is 4.90 Å². The van der Waals surface area contributed by atoms with Gasteiger partial charge in [-0.1, -0.05) is 12.1 Å². The van der Waals surface area contributed by atoms with Crippen LogP contribution in [-0.4, -0.2) is 39.6 Å². The van der Waals surface area contributed by atoms with E-state index in [2.05, 4.69) is 4.90 Å². The van der Waals surface area contributed by atoms with Crippen LogP contribution in [0.4, 0.5) is 0 Å². The maximum Gasteiger partial charge on any atom is 0.236 e. The second kappa shape index (κ2) is 4.84. The van der Waals surface area contributed by atoms with E-state index in [1.165, 1.54) is 0 Å². The lowest BCUT2D eigenvalue weighted by atomic mass is 10.2. The summed E-state index contributed by atoms with van der Waals surface area (Å²) in [5.74, 6) is 0.611. The minimum absolute atomic E-state index is 0.152. The van der Waals surface area contributed by atoms with Gasteiger partial charge in [0.15, 0.2) is 0 Å². The fourth-order valence-electron chi connectivity index (χ4n) is 1.77. The molecule has 1 aliphatic heterocycles. The van der Waals surface area contributed by atoms with Gasteiger partial charge in [0.2, 0.25) is 9.05 Å². The first-order valence-corrected chi connectivity index (χ1v) is 7.77. The maximum absolute atomic E-state index is 10.9. The van der Waals surface area contributed by atoms with E-state index in [4.69, 9.17) is 15.4 Å². The third kappa shape index (κ3) is 3.87. The Morgan fingerprint density at radius 1 is 1.35 bits per heavy atom. The van der Waals surface area contributed by atoms with E-state index in [1.807, 2.05) is 7.05 Å². The van der Waals surface area contributed by atoms with Gasteiger partial charge in [-0.2, -0.15) is 0 Å². The Morgan fingerprint density at radius 3 is 2.41 bits per heavy atom. The van der Waals surface area contributed by atoms with E-state index in [-0.39, 0.29) is 11.9 Å². The zero-order valence-corrected chi connectivity index (χ0v) is 11.0. The number of halogens is 1. The van der Waals surface area contributed by atoms with Crippen molar-refractivity contribution in [2.24, 2.45) is 0 Å². The van der Waals surface area contributed by atoms with Crippen LogP contribution in [-0.2, 0) is 14.8 Å². The minimum Gasteiger partial charge on any atom is -0.488 e. The smallest absolute Gasteiger partial charge is 0.236 e. The molecule has 0 spiro atoms. The molecule has 0 N–H and O–H groups in total. The Bertz CT molecular complexity index is 480. The van der Waals surface area contributed by atoms with Crippen molar-refractivity contribution < 1.29 is 13.2 Å². The van der Waals surface area contributed by atoms with Crippen molar-refractivity contribution in [2.75, 3.05) is 20.1 Å². The number of hydrogen-bond acceptors (Lipinski definition) is 4. The second-order valence-electron chi connectivity index (χ2n) is 4.29. The molecule has 1 saturated heterocycles. The SMILES string of the molecule is CN1CC(Oc2ccc(CS(=O)(=O)Cl)cc2)C1. The molecule has 6 heteroatoms. The lowest BCUT2D eigenvalue weighted by Crippen LogP contribution is -2.51. The van der Waals surface area contributed by atoms with Gasteiger partial charge in [0, 0.05) is 23.8 Å². The van der Waals surface area contributed by atoms with Crippen molar-refractivity contribution in [3.05, 3.63) is 29.8 Å². The first kappa shape index (κ1) is 12.7. The standard InChI is InChI=1S/C11H14ClNO3S/c1-13-6-11(7-13)16-10-4-2-9(3-5-10)8-17(12,14)15/h2-5,11H,6-8H2,1H3. The quantitative estimate of drug-likeness (QED) is 0.781. The van der Waals surface area contributed by atoms with E-state index in [1.54, 1.807) is 24.3 Å². The Hall–Kier alpha value is -0.780. The van der Waals surface area contributed by atoms with Gasteiger partial charge in [-0.3, -0.25) is 4.90 Å².